The minimum Gasteiger partial charge on any atom is -0.451 e. The van der Waals surface area contributed by atoms with Gasteiger partial charge in [-0.05, 0) is 36.8 Å². The molecule has 1 aromatic carbocycles. The van der Waals surface area contributed by atoms with Crippen molar-refractivity contribution < 1.29 is 13.6 Å². The van der Waals surface area contributed by atoms with Crippen molar-refractivity contribution >= 4 is 29.3 Å². The van der Waals surface area contributed by atoms with Crippen molar-refractivity contribution in [2.45, 2.75) is 13.0 Å². The van der Waals surface area contributed by atoms with Crippen molar-refractivity contribution in [2.24, 2.45) is 0 Å². The third kappa shape index (κ3) is 3.18. The SMILES string of the molecule is Cc1c(C(=O)N2CCNCC2c2cccnc2)oc2ccc(F)cc12.Cl. The smallest absolute Gasteiger partial charge is 0.290 e. The van der Waals surface area contributed by atoms with Gasteiger partial charge in [-0.3, -0.25) is 9.78 Å². The van der Waals surface area contributed by atoms with E-state index in [2.05, 4.69) is 10.3 Å². The summed E-state index contributed by atoms with van der Waals surface area (Å²) in [5.41, 5.74) is 2.17. The molecule has 7 heteroatoms. The number of hydrogen-bond donors (Lipinski definition) is 1. The molecule has 1 saturated heterocycles. The summed E-state index contributed by atoms with van der Waals surface area (Å²) in [6.45, 7) is 3.74. The van der Waals surface area contributed by atoms with E-state index in [0.29, 0.717) is 29.6 Å². The predicted molar refractivity (Wildman–Crippen MR) is 99.0 cm³/mol. The molecule has 0 aliphatic carbocycles. The first-order valence-corrected chi connectivity index (χ1v) is 8.25. The lowest BCUT2D eigenvalue weighted by molar-refractivity contribution is 0.0602. The molecule has 26 heavy (non-hydrogen) atoms. The summed E-state index contributed by atoms with van der Waals surface area (Å²) in [5, 5.41) is 3.95. The Morgan fingerprint density at radius 3 is 3.00 bits per heavy atom. The van der Waals surface area contributed by atoms with Crippen LogP contribution in [0.25, 0.3) is 11.0 Å². The first-order chi connectivity index (χ1) is 12.1. The zero-order valence-electron chi connectivity index (χ0n) is 14.2. The van der Waals surface area contributed by atoms with E-state index in [-0.39, 0.29) is 35.9 Å². The predicted octanol–water partition coefficient (Wildman–Crippen LogP) is 3.48. The van der Waals surface area contributed by atoms with Crippen molar-refractivity contribution in [3.05, 3.63) is 65.4 Å². The lowest BCUT2D eigenvalue weighted by Gasteiger charge is -2.36. The van der Waals surface area contributed by atoms with E-state index in [4.69, 9.17) is 4.42 Å². The van der Waals surface area contributed by atoms with Crippen LogP contribution in [0, 0.1) is 12.7 Å². The van der Waals surface area contributed by atoms with Crippen molar-refractivity contribution in [3.8, 4) is 0 Å². The number of furan rings is 1. The molecule has 1 N–H and O–H groups in total. The summed E-state index contributed by atoms with van der Waals surface area (Å²) in [6.07, 6.45) is 3.49. The van der Waals surface area contributed by atoms with Crippen molar-refractivity contribution in [1.82, 2.24) is 15.2 Å². The second kappa shape index (κ2) is 7.43. The molecule has 1 unspecified atom stereocenters. The molecule has 1 aliphatic rings. The quantitative estimate of drug-likeness (QED) is 0.745. The molecule has 1 aliphatic heterocycles. The van der Waals surface area contributed by atoms with Crippen LogP contribution in [0.5, 0.6) is 0 Å². The molecule has 0 saturated carbocycles. The highest BCUT2D eigenvalue weighted by Crippen LogP contribution is 2.30. The summed E-state index contributed by atoms with van der Waals surface area (Å²) in [6, 6.07) is 8.02. The third-order valence-electron chi connectivity index (χ3n) is 4.67. The number of benzene rings is 1. The average Bonchev–Trinajstić information content (AvgIpc) is 2.98. The van der Waals surface area contributed by atoms with Gasteiger partial charge < -0.3 is 14.6 Å². The molecule has 1 amide bonds. The fourth-order valence-corrected chi connectivity index (χ4v) is 3.35. The summed E-state index contributed by atoms with van der Waals surface area (Å²) in [5.74, 6) is -0.244. The molecule has 2 aromatic heterocycles. The maximum atomic E-state index is 13.5. The van der Waals surface area contributed by atoms with E-state index < -0.39 is 0 Å². The van der Waals surface area contributed by atoms with Gasteiger partial charge in [0.2, 0.25) is 0 Å². The van der Waals surface area contributed by atoms with E-state index in [1.807, 2.05) is 12.1 Å². The van der Waals surface area contributed by atoms with Gasteiger partial charge >= 0.3 is 0 Å². The van der Waals surface area contributed by atoms with E-state index in [1.54, 1.807) is 30.3 Å². The summed E-state index contributed by atoms with van der Waals surface area (Å²) in [7, 11) is 0. The number of rotatable bonds is 2. The Bertz CT molecular complexity index is 929. The molecule has 5 nitrogen and oxygen atoms in total. The number of nitrogens with one attached hydrogen (secondary N) is 1. The Morgan fingerprint density at radius 2 is 2.23 bits per heavy atom. The Kier molecular flexibility index (Phi) is 5.25. The second-order valence-corrected chi connectivity index (χ2v) is 6.20. The first kappa shape index (κ1) is 18.4. The van der Waals surface area contributed by atoms with Gasteiger partial charge in [-0.1, -0.05) is 6.07 Å². The molecule has 0 bridgehead atoms. The highest BCUT2D eigenvalue weighted by atomic mass is 35.5. The zero-order valence-corrected chi connectivity index (χ0v) is 15.1. The molecule has 1 atom stereocenters. The van der Waals surface area contributed by atoms with Crippen molar-refractivity contribution in [3.63, 3.8) is 0 Å². The summed E-state index contributed by atoms with van der Waals surface area (Å²) in [4.78, 5) is 19.1. The molecule has 136 valence electrons. The number of nitrogens with zero attached hydrogens (tertiary/aromatic N) is 2. The number of carbonyl (C=O) groups is 1. The summed E-state index contributed by atoms with van der Waals surface area (Å²) >= 11 is 0. The second-order valence-electron chi connectivity index (χ2n) is 6.20. The van der Waals surface area contributed by atoms with Crippen LogP contribution in [0.4, 0.5) is 4.39 Å². The van der Waals surface area contributed by atoms with Gasteiger partial charge in [0.25, 0.3) is 5.91 Å². The third-order valence-corrected chi connectivity index (χ3v) is 4.67. The van der Waals surface area contributed by atoms with Crippen LogP contribution < -0.4 is 5.32 Å². The molecule has 1 fully saturated rings. The van der Waals surface area contributed by atoms with Gasteiger partial charge in [0.05, 0.1) is 6.04 Å². The number of piperazine rings is 1. The Balaban J connectivity index is 0.00000196. The van der Waals surface area contributed by atoms with Gasteiger partial charge in [0.1, 0.15) is 11.4 Å². The number of halogens is 2. The van der Waals surface area contributed by atoms with E-state index in [0.717, 1.165) is 12.1 Å². The highest BCUT2D eigenvalue weighted by molar-refractivity contribution is 5.99. The molecule has 0 spiro atoms. The van der Waals surface area contributed by atoms with Crippen LogP contribution in [0.15, 0.2) is 47.1 Å². The number of pyridine rings is 1. The van der Waals surface area contributed by atoms with Crippen LogP contribution in [-0.2, 0) is 0 Å². The Morgan fingerprint density at radius 1 is 1.38 bits per heavy atom. The standard InChI is InChI=1S/C19H18FN3O2.ClH/c1-12-15-9-14(20)4-5-17(15)25-18(12)19(24)23-8-7-22-11-16(23)13-3-2-6-21-10-13;/h2-6,9-10,16,22H,7-8,11H2,1H3;1H. The maximum absolute atomic E-state index is 13.5. The molecule has 3 aromatic rings. The monoisotopic (exact) mass is 375 g/mol. The first-order valence-electron chi connectivity index (χ1n) is 8.25. The maximum Gasteiger partial charge on any atom is 0.290 e. The van der Waals surface area contributed by atoms with E-state index in [1.165, 1.54) is 12.1 Å². The van der Waals surface area contributed by atoms with Crippen molar-refractivity contribution in [2.75, 3.05) is 19.6 Å². The van der Waals surface area contributed by atoms with Crippen LogP contribution in [-0.4, -0.2) is 35.4 Å². The fraction of sp³-hybridized carbons (Fsp3) is 0.263. The van der Waals surface area contributed by atoms with Crippen LogP contribution in [0.1, 0.15) is 27.7 Å². The fourth-order valence-electron chi connectivity index (χ4n) is 3.35. The van der Waals surface area contributed by atoms with Gasteiger partial charge in [-0.15, -0.1) is 12.4 Å². The zero-order chi connectivity index (χ0) is 17.4. The van der Waals surface area contributed by atoms with Gasteiger partial charge in [0, 0.05) is 43.0 Å². The van der Waals surface area contributed by atoms with Gasteiger partial charge in [-0.2, -0.15) is 0 Å². The van der Waals surface area contributed by atoms with E-state index >= 15 is 0 Å². The average molecular weight is 376 g/mol. The summed E-state index contributed by atoms with van der Waals surface area (Å²) < 4.78 is 19.3. The Labute approximate surface area is 156 Å². The normalized spacial score (nSPS) is 17.2. The number of carbonyl (C=O) groups excluding carboxylic acids is 1. The number of aryl methyl sites for hydroxylation is 1. The Hall–Kier alpha value is -2.44. The molecule has 0 radical (unpaired) electrons. The number of aromatic nitrogens is 1. The lowest BCUT2D eigenvalue weighted by atomic mass is 10.0. The topological polar surface area (TPSA) is 58.4 Å². The largest absolute Gasteiger partial charge is 0.451 e. The highest BCUT2D eigenvalue weighted by Gasteiger charge is 2.31. The number of fused-ring (bicyclic) bond motifs is 1. The van der Waals surface area contributed by atoms with Crippen LogP contribution >= 0.6 is 12.4 Å². The lowest BCUT2D eigenvalue weighted by Crippen LogP contribution is -2.48. The van der Waals surface area contributed by atoms with Gasteiger partial charge in [-0.25, -0.2) is 4.39 Å². The number of hydrogen-bond acceptors (Lipinski definition) is 4. The minimum absolute atomic E-state index is 0. The molecular formula is C19H19ClFN3O2. The molecule has 4 rings (SSSR count). The number of amides is 1. The molecular weight excluding hydrogens is 357 g/mol. The minimum atomic E-state index is -0.342. The van der Waals surface area contributed by atoms with Crippen LogP contribution in [0.3, 0.4) is 0 Å². The van der Waals surface area contributed by atoms with Gasteiger partial charge in [0.15, 0.2) is 5.76 Å². The van der Waals surface area contributed by atoms with E-state index in [9.17, 15) is 9.18 Å². The van der Waals surface area contributed by atoms with Crippen molar-refractivity contribution in [1.29, 1.82) is 0 Å². The van der Waals surface area contributed by atoms with Crippen LogP contribution in [0.2, 0.25) is 0 Å². The molecule has 3 heterocycles.